The fourth-order valence-electron chi connectivity index (χ4n) is 2.11. The first-order valence-corrected chi connectivity index (χ1v) is 5.90. The maximum absolute atomic E-state index is 11.5. The first-order chi connectivity index (χ1) is 9.29. The highest BCUT2D eigenvalue weighted by Crippen LogP contribution is 2.26. The summed E-state index contributed by atoms with van der Waals surface area (Å²) in [5, 5.41) is 2.16. The Morgan fingerprint density at radius 1 is 1.16 bits per heavy atom. The Bertz CT molecular complexity index is 741. The van der Waals surface area contributed by atoms with Crippen LogP contribution in [0.4, 0.5) is 0 Å². The number of rotatable bonds is 2. The van der Waals surface area contributed by atoms with Crippen LogP contribution in [0, 0.1) is 0 Å². The third kappa shape index (κ3) is 1.97. The maximum Gasteiger partial charge on any atom is 0.354 e. The van der Waals surface area contributed by atoms with Crippen molar-refractivity contribution < 1.29 is 9.53 Å². The van der Waals surface area contributed by atoms with Gasteiger partial charge in [-0.05, 0) is 17.5 Å². The van der Waals surface area contributed by atoms with E-state index in [0.29, 0.717) is 5.69 Å². The van der Waals surface area contributed by atoms with E-state index in [2.05, 4.69) is 14.7 Å². The Kier molecular flexibility index (Phi) is 2.76. The molecule has 0 radical (unpaired) electrons. The summed E-state index contributed by atoms with van der Waals surface area (Å²) in [6.07, 6.45) is 3.61. The number of carbonyl (C=O) groups excluding carboxylic acids is 1. The van der Waals surface area contributed by atoms with E-state index in [4.69, 9.17) is 0 Å². The molecule has 0 aliphatic carbocycles. The Balaban J connectivity index is 2.14. The molecule has 0 atom stereocenters. The van der Waals surface area contributed by atoms with Gasteiger partial charge in [-0.15, -0.1) is 0 Å². The highest BCUT2D eigenvalue weighted by atomic mass is 16.5. The molecule has 0 bridgehead atoms. The smallest absolute Gasteiger partial charge is 0.354 e. The van der Waals surface area contributed by atoms with E-state index in [1.807, 2.05) is 36.5 Å². The number of carbonyl (C=O) groups is 1. The molecule has 0 aliphatic heterocycles. The number of aromatic amines is 1. The second-order valence-corrected chi connectivity index (χ2v) is 4.19. The topological polar surface area (TPSA) is 55.0 Å². The van der Waals surface area contributed by atoms with Crippen LogP contribution in [0.25, 0.3) is 22.0 Å². The first kappa shape index (κ1) is 11.5. The number of H-pyrrole nitrogens is 1. The Morgan fingerprint density at radius 3 is 2.84 bits per heavy atom. The molecular formula is C15H12N2O2. The van der Waals surface area contributed by atoms with Crippen LogP contribution in [0.2, 0.25) is 0 Å². The van der Waals surface area contributed by atoms with Crippen LogP contribution >= 0.6 is 0 Å². The van der Waals surface area contributed by atoms with Gasteiger partial charge in [0.15, 0.2) is 0 Å². The summed E-state index contributed by atoms with van der Waals surface area (Å²) in [4.78, 5) is 18.7. The predicted molar refractivity (Wildman–Crippen MR) is 72.9 cm³/mol. The zero-order chi connectivity index (χ0) is 13.2. The normalized spacial score (nSPS) is 10.6. The summed E-state index contributed by atoms with van der Waals surface area (Å²) >= 11 is 0. The summed E-state index contributed by atoms with van der Waals surface area (Å²) in [6, 6.07) is 11.6. The zero-order valence-electron chi connectivity index (χ0n) is 10.4. The largest absolute Gasteiger partial charge is 0.464 e. The minimum Gasteiger partial charge on any atom is -0.464 e. The molecule has 0 spiro atoms. The van der Waals surface area contributed by atoms with Crippen molar-refractivity contribution in [2.45, 2.75) is 0 Å². The van der Waals surface area contributed by atoms with E-state index in [1.165, 1.54) is 7.11 Å². The third-order valence-electron chi connectivity index (χ3n) is 3.05. The van der Waals surface area contributed by atoms with Crippen molar-refractivity contribution in [1.29, 1.82) is 0 Å². The number of pyridine rings is 1. The van der Waals surface area contributed by atoms with Crippen molar-refractivity contribution in [3.8, 4) is 11.3 Å². The van der Waals surface area contributed by atoms with Crippen LogP contribution in [0.3, 0.4) is 0 Å². The van der Waals surface area contributed by atoms with Crippen molar-refractivity contribution >= 4 is 16.7 Å². The predicted octanol–water partition coefficient (Wildman–Crippen LogP) is 3.02. The first-order valence-electron chi connectivity index (χ1n) is 5.90. The molecule has 4 nitrogen and oxygen atoms in total. The lowest BCUT2D eigenvalue weighted by atomic mass is 10.1. The average molecular weight is 252 g/mol. The van der Waals surface area contributed by atoms with Gasteiger partial charge in [0, 0.05) is 29.0 Å². The maximum atomic E-state index is 11.5. The molecule has 0 amide bonds. The number of hydrogen-bond acceptors (Lipinski definition) is 3. The molecule has 2 aromatic heterocycles. The van der Waals surface area contributed by atoms with E-state index >= 15 is 0 Å². The van der Waals surface area contributed by atoms with Gasteiger partial charge in [0.2, 0.25) is 0 Å². The summed E-state index contributed by atoms with van der Waals surface area (Å²) in [7, 11) is 1.36. The molecule has 4 heteroatoms. The van der Waals surface area contributed by atoms with Gasteiger partial charge in [-0.1, -0.05) is 24.3 Å². The minimum absolute atomic E-state index is 0.376. The molecule has 94 valence electrons. The number of hydrogen-bond donors (Lipinski definition) is 1. The Labute approximate surface area is 110 Å². The molecule has 0 aliphatic rings. The van der Waals surface area contributed by atoms with E-state index in [-0.39, 0.29) is 5.97 Å². The molecule has 3 aromatic rings. The summed E-state index contributed by atoms with van der Waals surface area (Å²) in [6.45, 7) is 0. The van der Waals surface area contributed by atoms with E-state index in [9.17, 15) is 4.79 Å². The fraction of sp³-hybridized carbons (Fsp3) is 0.0667. The molecule has 19 heavy (non-hydrogen) atoms. The highest BCUT2D eigenvalue weighted by molar-refractivity contribution is 5.96. The fourth-order valence-corrected chi connectivity index (χ4v) is 2.11. The lowest BCUT2D eigenvalue weighted by Gasteiger charge is -2.03. The lowest BCUT2D eigenvalue weighted by molar-refractivity contribution is 0.0595. The number of nitrogens with one attached hydrogen (secondary N) is 1. The van der Waals surface area contributed by atoms with Crippen LogP contribution in [-0.4, -0.2) is 23.0 Å². The van der Waals surface area contributed by atoms with Gasteiger partial charge in [0.05, 0.1) is 7.11 Å². The van der Waals surface area contributed by atoms with Crippen LogP contribution in [0.1, 0.15) is 10.5 Å². The molecular weight excluding hydrogens is 240 g/mol. The number of esters is 1. The van der Waals surface area contributed by atoms with Gasteiger partial charge in [-0.3, -0.25) is 4.98 Å². The van der Waals surface area contributed by atoms with Gasteiger partial charge in [-0.2, -0.15) is 0 Å². The molecule has 0 saturated heterocycles. The number of methoxy groups -OCH3 is 1. The van der Waals surface area contributed by atoms with E-state index in [1.54, 1.807) is 12.3 Å². The molecule has 0 unspecified atom stereocenters. The van der Waals surface area contributed by atoms with Gasteiger partial charge in [0.25, 0.3) is 0 Å². The van der Waals surface area contributed by atoms with Crippen molar-refractivity contribution in [2.24, 2.45) is 0 Å². The Hall–Kier alpha value is -2.62. The van der Waals surface area contributed by atoms with Crippen LogP contribution < -0.4 is 0 Å². The summed E-state index contributed by atoms with van der Waals surface area (Å²) < 4.78 is 4.69. The molecule has 3 rings (SSSR count). The van der Waals surface area contributed by atoms with Crippen molar-refractivity contribution in [3.05, 3.63) is 54.5 Å². The Morgan fingerprint density at radius 2 is 2.00 bits per heavy atom. The van der Waals surface area contributed by atoms with Gasteiger partial charge in [0.1, 0.15) is 5.69 Å². The van der Waals surface area contributed by atoms with Crippen LogP contribution in [0.5, 0.6) is 0 Å². The third-order valence-corrected chi connectivity index (χ3v) is 3.05. The van der Waals surface area contributed by atoms with Gasteiger partial charge in [-0.25, -0.2) is 4.79 Å². The molecule has 1 N–H and O–H groups in total. The number of nitrogens with zero attached hydrogens (tertiary/aromatic N) is 1. The minimum atomic E-state index is -0.376. The summed E-state index contributed by atoms with van der Waals surface area (Å²) in [5.41, 5.74) is 2.25. The molecule has 2 heterocycles. The van der Waals surface area contributed by atoms with Gasteiger partial charge < -0.3 is 9.72 Å². The van der Waals surface area contributed by atoms with Crippen molar-refractivity contribution in [2.75, 3.05) is 7.11 Å². The highest BCUT2D eigenvalue weighted by Gasteiger charge is 2.11. The van der Waals surface area contributed by atoms with Crippen LogP contribution in [0.15, 0.2) is 48.8 Å². The zero-order valence-corrected chi connectivity index (χ0v) is 10.4. The van der Waals surface area contributed by atoms with Crippen molar-refractivity contribution in [3.63, 3.8) is 0 Å². The van der Waals surface area contributed by atoms with Crippen LogP contribution in [-0.2, 0) is 4.74 Å². The number of fused-ring (bicyclic) bond motifs is 1. The molecule has 0 fully saturated rings. The number of aromatic nitrogens is 2. The van der Waals surface area contributed by atoms with Gasteiger partial charge >= 0.3 is 5.97 Å². The monoisotopic (exact) mass is 252 g/mol. The number of ether oxygens (including phenoxy) is 1. The summed E-state index contributed by atoms with van der Waals surface area (Å²) in [5.74, 6) is -0.376. The quantitative estimate of drug-likeness (QED) is 0.713. The SMILES string of the molecule is COC(=O)c1ccc(-c2cncc3ccccc23)[nH]1. The lowest BCUT2D eigenvalue weighted by Crippen LogP contribution is -2.01. The standard InChI is InChI=1S/C15H12N2O2/c1-19-15(18)14-7-6-13(17-14)12-9-16-8-10-4-2-3-5-11(10)12/h2-9,17H,1H3. The second-order valence-electron chi connectivity index (χ2n) is 4.19. The number of benzene rings is 1. The average Bonchev–Trinajstić information content (AvgIpc) is 2.95. The second kappa shape index (κ2) is 4.57. The van der Waals surface area contributed by atoms with E-state index in [0.717, 1.165) is 22.0 Å². The van der Waals surface area contributed by atoms with E-state index < -0.39 is 0 Å². The molecule has 1 aromatic carbocycles. The van der Waals surface area contributed by atoms with Crippen molar-refractivity contribution in [1.82, 2.24) is 9.97 Å². The molecule has 0 saturated carbocycles.